The molecule has 2 heterocycles. The van der Waals surface area contributed by atoms with E-state index >= 15 is 0 Å². The summed E-state index contributed by atoms with van der Waals surface area (Å²) in [6.07, 6.45) is 2.52. The van der Waals surface area contributed by atoms with Gasteiger partial charge in [0.15, 0.2) is 0 Å². The van der Waals surface area contributed by atoms with E-state index in [0.717, 1.165) is 16.9 Å². The van der Waals surface area contributed by atoms with Crippen LogP contribution in [0.3, 0.4) is 0 Å². The first-order valence-electron chi connectivity index (χ1n) is 8.46. The minimum absolute atomic E-state index is 0.322. The van der Waals surface area contributed by atoms with Crippen molar-refractivity contribution in [2.45, 2.75) is 30.2 Å². The summed E-state index contributed by atoms with van der Waals surface area (Å²) in [5.41, 5.74) is 6.47. The Bertz CT molecular complexity index is 955. The number of hydrogen-bond donors (Lipinski definition) is 2. The van der Waals surface area contributed by atoms with Gasteiger partial charge in [0.25, 0.3) is 11.8 Å². The summed E-state index contributed by atoms with van der Waals surface area (Å²) in [5.74, 6) is -0.726. The van der Waals surface area contributed by atoms with Crippen molar-refractivity contribution in [2.75, 3.05) is 0 Å². The highest BCUT2D eigenvalue weighted by molar-refractivity contribution is 7.99. The third kappa shape index (κ3) is 4.75. The maximum absolute atomic E-state index is 12.5. The van der Waals surface area contributed by atoms with Gasteiger partial charge in [-0.1, -0.05) is 36.9 Å². The summed E-state index contributed by atoms with van der Waals surface area (Å²) in [4.78, 5) is 31.9. The molecule has 0 aliphatic rings. The molecule has 2 aromatic heterocycles. The van der Waals surface area contributed by atoms with Gasteiger partial charge in [-0.25, -0.2) is 4.98 Å². The van der Waals surface area contributed by atoms with Crippen LogP contribution in [-0.2, 0) is 6.42 Å². The lowest BCUT2D eigenvalue weighted by molar-refractivity contribution is 0.0847. The lowest BCUT2D eigenvalue weighted by atomic mass is 10.2. The molecule has 2 N–H and O–H groups in total. The van der Waals surface area contributed by atoms with Crippen LogP contribution in [0, 0.1) is 6.92 Å². The first kappa shape index (κ1) is 19.1. The fraction of sp³-hybridized carbons (Fsp3) is 0.150. The van der Waals surface area contributed by atoms with Gasteiger partial charge in [-0.15, -0.1) is 11.3 Å². The molecule has 0 saturated carbocycles. The number of thiophene rings is 1. The van der Waals surface area contributed by atoms with Crippen LogP contribution in [0.25, 0.3) is 0 Å². The van der Waals surface area contributed by atoms with E-state index in [2.05, 4.69) is 22.8 Å². The second-order valence-corrected chi connectivity index (χ2v) is 7.95. The summed E-state index contributed by atoms with van der Waals surface area (Å²) < 4.78 is 0. The van der Waals surface area contributed by atoms with E-state index in [-0.39, 0.29) is 5.91 Å². The van der Waals surface area contributed by atoms with Crippen molar-refractivity contribution in [3.8, 4) is 0 Å². The van der Waals surface area contributed by atoms with E-state index in [1.807, 2.05) is 43.3 Å². The van der Waals surface area contributed by atoms with Crippen molar-refractivity contribution in [1.29, 1.82) is 0 Å². The highest BCUT2D eigenvalue weighted by Gasteiger charge is 2.16. The zero-order valence-electron chi connectivity index (χ0n) is 15.0. The van der Waals surface area contributed by atoms with E-state index in [9.17, 15) is 9.59 Å². The standard InChI is InChI=1S/C20H19N3O2S2/c1-3-16-13(2)12-17(27-16)19(25)23-22-18(24)15-10-7-11-21-20(15)26-14-8-5-4-6-9-14/h4-12H,3H2,1-2H3,(H,22,24)(H,23,25). The summed E-state index contributed by atoms with van der Waals surface area (Å²) in [6.45, 7) is 4.03. The van der Waals surface area contributed by atoms with E-state index < -0.39 is 5.91 Å². The number of benzene rings is 1. The molecule has 1 aromatic carbocycles. The first-order chi connectivity index (χ1) is 13.1. The Balaban J connectivity index is 1.68. The monoisotopic (exact) mass is 397 g/mol. The van der Waals surface area contributed by atoms with Gasteiger partial charge in [0, 0.05) is 16.0 Å². The highest BCUT2D eigenvalue weighted by atomic mass is 32.2. The minimum atomic E-state index is -0.404. The molecule has 0 fully saturated rings. The normalized spacial score (nSPS) is 10.4. The largest absolute Gasteiger partial charge is 0.279 e. The number of aryl methyl sites for hydroxylation is 2. The van der Waals surface area contributed by atoms with Crippen LogP contribution < -0.4 is 10.9 Å². The summed E-state index contributed by atoms with van der Waals surface area (Å²) in [7, 11) is 0. The molecule has 3 rings (SSSR count). The van der Waals surface area contributed by atoms with Gasteiger partial charge in [0.1, 0.15) is 5.03 Å². The molecule has 5 nitrogen and oxygen atoms in total. The number of nitrogens with one attached hydrogen (secondary N) is 2. The van der Waals surface area contributed by atoms with Crippen LogP contribution in [-0.4, -0.2) is 16.8 Å². The summed E-state index contributed by atoms with van der Waals surface area (Å²) in [6, 6.07) is 14.9. The van der Waals surface area contributed by atoms with Crippen LogP contribution in [0.15, 0.2) is 64.6 Å². The van der Waals surface area contributed by atoms with E-state index in [1.165, 1.54) is 28.0 Å². The Morgan fingerprint density at radius 1 is 1.07 bits per heavy atom. The van der Waals surface area contributed by atoms with Gasteiger partial charge in [0.05, 0.1) is 10.4 Å². The number of hydrogen-bond acceptors (Lipinski definition) is 5. The van der Waals surface area contributed by atoms with Crippen molar-refractivity contribution >= 4 is 34.9 Å². The van der Waals surface area contributed by atoms with Gasteiger partial charge in [-0.3, -0.25) is 20.4 Å². The van der Waals surface area contributed by atoms with Crippen molar-refractivity contribution in [1.82, 2.24) is 15.8 Å². The zero-order chi connectivity index (χ0) is 19.2. The fourth-order valence-electron chi connectivity index (χ4n) is 2.47. The molecule has 7 heteroatoms. The molecule has 0 saturated heterocycles. The molecule has 0 spiro atoms. The van der Waals surface area contributed by atoms with Crippen LogP contribution in [0.2, 0.25) is 0 Å². The molecule has 0 aliphatic heterocycles. The maximum Gasteiger partial charge on any atom is 0.279 e. The van der Waals surface area contributed by atoms with Crippen LogP contribution in [0.1, 0.15) is 37.4 Å². The van der Waals surface area contributed by atoms with Crippen LogP contribution in [0.5, 0.6) is 0 Å². The molecule has 0 atom stereocenters. The first-order valence-corrected chi connectivity index (χ1v) is 10.1. The molecular weight excluding hydrogens is 378 g/mol. The van der Waals surface area contributed by atoms with E-state index in [1.54, 1.807) is 18.3 Å². The Labute approximate surface area is 166 Å². The predicted molar refractivity (Wildman–Crippen MR) is 108 cm³/mol. The van der Waals surface area contributed by atoms with Crippen LogP contribution in [0.4, 0.5) is 0 Å². The van der Waals surface area contributed by atoms with Gasteiger partial charge < -0.3 is 0 Å². The number of pyridine rings is 1. The molecule has 0 bridgehead atoms. The average molecular weight is 398 g/mol. The minimum Gasteiger partial charge on any atom is -0.267 e. The fourth-order valence-corrected chi connectivity index (χ4v) is 4.38. The Morgan fingerprint density at radius 2 is 1.81 bits per heavy atom. The molecule has 138 valence electrons. The lowest BCUT2D eigenvalue weighted by Crippen LogP contribution is -2.41. The number of amides is 2. The highest BCUT2D eigenvalue weighted by Crippen LogP contribution is 2.28. The van der Waals surface area contributed by atoms with Gasteiger partial charge in [-0.2, -0.15) is 0 Å². The molecule has 3 aromatic rings. The summed E-state index contributed by atoms with van der Waals surface area (Å²) >= 11 is 2.84. The van der Waals surface area contributed by atoms with Crippen LogP contribution >= 0.6 is 23.1 Å². The third-order valence-corrected chi connectivity index (χ3v) is 6.24. The number of rotatable bonds is 5. The van der Waals surface area contributed by atoms with Crippen molar-refractivity contribution in [2.24, 2.45) is 0 Å². The Hall–Kier alpha value is -2.64. The average Bonchev–Trinajstić information content (AvgIpc) is 3.08. The van der Waals surface area contributed by atoms with Crippen molar-refractivity contribution in [3.05, 3.63) is 75.6 Å². The Morgan fingerprint density at radius 3 is 2.52 bits per heavy atom. The van der Waals surface area contributed by atoms with Gasteiger partial charge in [-0.05, 0) is 49.2 Å². The number of aromatic nitrogens is 1. The van der Waals surface area contributed by atoms with Crippen molar-refractivity contribution in [3.63, 3.8) is 0 Å². The third-order valence-electron chi connectivity index (χ3n) is 3.83. The molecule has 0 radical (unpaired) electrons. The topological polar surface area (TPSA) is 71.1 Å². The number of carbonyl (C=O) groups excluding carboxylic acids is 2. The molecule has 0 aliphatic carbocycles. The molecule has 2 amide bonds. The number of nitrogens with zero attached hydrogens (tertiary/aromatic N) is 1. The lowest BCUT2D eigenvalue weighted by Gasteiger charge is -2.09. The maximum atomic E-state index is 12.5. The van der Waals surface area contributed by atoms with E-state index in [0.29, 0.717) is 15.5 Å². The number of carbonyl (C=O) groups is 2. The quantitative estimate of drug-likeness (QED) is 0.632. The van der Waals surface area contributed by atoms with Gasteiger partial charge in [0.2, 0.25) is 0 Å². The Kier molecular flexibility index (Phi) is 6.26. The molecule has 0 unspecified atom stereocenters. The molecular formula is C20H19N3O2S2. The number of hydrazine groups is 1. The smallest absolute Gasteiger partial charge is 0.267 e. The summed E-state index contributed by atoms with van der Waals surface area (Å²) in [5, 5.41) is 0.579. The van der Waals surface area contributed by atoms with E-state index in [4.69, 9.17) is 0 Å². The zero-order valence-corrected chi connectivity index (χ0v) is 16.6. The SMILES string of the molecule is CCc1sc(C(=O)NNC(=O)c2cccnc2Sc2ccccc2)cc1C. The second-order valence-electron chi connectivity index (χ2n) is 5.75. The van der Waals surface area contributed by atoms with Gasteiger partial charge >= 0.3 is 0 Å². The molecule has 27 heavy (non-hydrogen) atoms. The second kappa shape index (κ2) is 8.83. The predicted octanol–water partition coefficient (Wildman–Crippen LogP) is 4.24. The van der Waals surface area contributed by atoms with Crippen molar-refractivity contribution < 1.29 is 9.59 Å².